The van der Waals surface area contributed by atoms with E-state index in [4.69, 9.17) is 4.74 Å². The number of ketones is 1. The molecule has 5 nitrogen and oxygen atoms in total. The Hall–Kier alpha value is -1.91. The molecule has 0 radical (unpaired) electrons. The first kappa shape index (κ1) is 12.5. The molecule has 0 N–H and O–H groups in total. The van der Waals surface area contributed by atoms with Crippen molar-refractivity contribution in [2.45, 2.75) is 13.3 Å². The van der Waals surface area contributed by atoms with Crippen LogP contribution in [-0.2, 0) is 9.53 Å². The Morgan fingerprint density at radius 2 is 2.39 bits per heavy atom. The Kier molecular flexibility index (Phi) is 3.60. The quantitative estimate of drug-likeness (QED) is 0.583. The first-order valence-electron chi connectivity index (χ1n) is 6.01. The van der Waals surface area contributed by atoms with E-state index in [1.807, 2.05) is 11.9 Å². The van der Waals surface area contributed by atoms with Gasteiger partial charge in [-0.2, -0.15) is 0 Å². The monoisotopic (exact) mass is 248 g/mol. The second kappa shape index (κ2) is 5.16. The lowest BCUT2D eigenvalue weighted by Crippen LogP contribution is -2.27. The van der Waals surface area contributed by atoms with Crippen LogP contribution in [0.3, 0.4) is 0 Å². The maximum atomic E-state index is 12.3. The molecule has 0 saturated heterocycles. The molecule has 96 valence electrons. The zero-order valence-electron chi connectivity index (χ0n) is 10.5. The summed E-state index contributed by atoms with van der Waals surface area (Å²) in [5, 5.41) is 0. The van der Waals surface area contributed by atoms with Gasteiger partial charge < -0.3 is 9.64 Å². The molecule has 1 aliphatic heterocycles. The summed E-state index contributed by atoms with van der Waals surface area (Å²) in [5.41, 5.74) is 1.32. The Bertz CT molecular complexity index is 473. The van der Waals surface area contributed by atoms with Crippen molar-refractivity contribution in [3.05, 3.63) is 24.0 Å². The molecule has 0 aliphatic carbocycles. The Morgan fingerprint density at radius 1 is 1.61 bits per heavy atom. The van der Waals surface area contributed by atoms with Crippen LogP contribution in [0.1, 0.15) is 23.7 Å². The van der Waals surface area contributed by atoms with Crippen LogP contribution in [0.2, 0.25) is 0 Å². The lowest BCUT2D eigenvalue weighted by molar-refractivity contribution is -0.146. The molecular weight excluding hydrogens is 232 g/mol. The molecule has 1 aromatic heterocycles. The fraction of sp³-hybridized carbons (Fsp3) is 0.462. The van der Waals surface area contributed by atoms with E-state index in [1.54, 1.807) is 19.2 Å². The number of rotatable bonds is 2. The van der Waals surface area contributed by atoms with Gasteiger partial charge in [0.1, 0.15) is 5.92 Å². The second-order valence-corrected chi connectivity index (χ2v) is 4.27. The molecule has 1 aromatic rings. The molecule has 1 unspecified atom stereocenters. The molecule has 18 heavy (non-hydrogen) atoms. The molecule has 0 fully saturated rings. The van der Waals surface area contributed by atoms with Gasteiger partial charge in [0.2, 0.25) is 0 Å². The van der Waals surface area contributed by atoms with Gasteiger partial charge in [-0.05, 0) is 19.4 Å². The van der Waals surface area contributed by atoms with E-state index in [-0.39, 0.29) is 5.78 Å². The Morgan fingerprint density at radius 3 is 3.11 bits per heavy atom. The number of ether oxygens (including phenoxy) is 1. The number of esters is 1. The Balaban J connectivity index is 2.35. The third-order valence-electron chi connectivity index (χ3n) is 3.12. The van der Waals surface area contributed by atoms with E-state index in [0.29, 0.717) is 25.1 Å². The Labute approximate surface area is 106 Å². The molecule has 0 amide bonds. The number of hydrogen-bond donors (Lipinski definition) is 0. The van der Waals surface area contributed by atoms with Crippen molar-refractivity contribution in [2.75, 3.05) is 25.1 Å². The van der Waals surface area contributed by atoms with Crippen LogP contribution in [0.4, 0.5) is 5.69 Å². The standard InChI is InChI=1S/C13H16N2O3/c1-3-18-13(17)9-5-7-15(2)11-4-6-14-8-10(11)12(9)16/h4,6,8-9H,3,5,7H2,1-2H3. The molecule has 2 rings (SSSR count). The van der Waals surface area contributed by atoms with Crippen molar-refractivity contribution < 1.29 is 14.3 Å². The van der Waals surface area contributed by atoms with Crippen LogP contribution >= 0.6 is 0 Å². The number of nitrogens with zero attached hydrogens (tertiary/aromatic N) is 2. The third kappa shape index (κ3) is 2.20. The number of hydrogen-bond acceptors (Lipinski definition) is 5. The maximum absolute atomic E-state index is 12.3. The van der Waals surface area contributed by atoms with Crippen LogP contribution < -0.4 is 4.90 Å². The highest BCUT2D eigenvalue weighted by Crippen LogP contribution is 2.27. The van der Waals surface area contributed by atoms with E-state index < -0.39 is 11.9 Å². The smallest absolute Gasteiger partial charge is 0.316 e. The van der Waals surface area contributed by atoms with Gasteiger partial charge in [0.25, 0.3) is 0 Å². The van der Waals surface area contributed by atoms with Crippen LogP contribution in [0.5, 0.6) is 0 Å². The van der Waals surface area contributed by atoms with Crippen molar-refractivity contribution in [3.63, 3.8) is 0 Å². The van der Waals surface area contributed by atoms with Crippen LogP contribution in [0.15, 0.2) is 18.5 Å². The maximum Gasteiger partial charge on any atom is 0.316 e. The summed E-state index contributed by atoms with van der Waals surface area (Å²) in [7, 11) is 1.90. The first-order valence-corrected chi connectivity index (χ1v) is 6.01. The number of aromatic nitrogens is 1. The van der Waals surface area contributed by atoms with E-state index in [0.717, 1.165) is 5.69 Å². The minimum absolute atomic E-state index is 0.194. The second-order valence-electron chi connectivity index (χ2n) is 4.27. The predicted molar refractivity (Wildman–Crippen MR) is 66.6 cm³/mol. The van der Waals surface area contributed by atoms with Crippen molar-refractivity contribution in [3.8, 4) is 0 Å². The molecule has 2 heterocycles. The van der Waals surface area contributed by atoms with Gasteiger partial charge >= 0.3 is 5.97 Å². The number of fused-ring (bicyclic) bond motifs is 1. The summed E-state index contributed by atoms with van der Waals surface area (Å²) < 4.78 is 4.96. The molecule has 1 aliphatic rings. The zero-order chi connectivity index (χ0) is 13.1. The number of carbonyl (C=O) groups excluding carboxylic acids is 2. The third-order valence-corrected chi connectivity index (χ3v) is 3.12. The largest absolute Gasteiger partial charge is 0.465 e. The minimum Gasteiger partial charge on any atom is -0.465 e. The molecular formula is C13H16N2O3. The molecule has 0 aromatic carbocycles. The lowest BCUT2D eigenvalue weighted by atomic mass is 9.96. The van der Waals surface area contributed by atoms with Gasteiger partial charge in [-0.25, -0.2) is 0 Å². The van der Waals surface area contributed by atoms with Gasteiger partial charge in [0, 0.05) is 26.0 Å². The van der Waals surface area contributed by atoms with Crippen LogP contribution in [-0.4, -0.2) is 36.9 Å². The molecule has 5 heteroatoms. The normalized spacial score (nSPS) is 19.1. The summed E-state index contributed by atoms with van der Waals surface area (Å²) in [6, 6.07) is 1.79. The highest BCUT2D eigenvalue weighted by molar-refractivity contribution is 6.11. The SMILES string of the molecule is CCOC(=O)C1CCN(C)c2ccncc2C1=O. The highest BCUT2D eigenvalue weighted by atomic mass is 16.5. The van der Waals surface area contributed by atoms with E-state index in [1.165, 1.54) is 6.20 Å². The minimum atomic E-state index is -0.710. The van der Waals surface area contributed by atoms with E-state index in [2.05, 4.69) is 4.98 Å². The first-order chi connectivity index (χ1) is 8.65. The van der Waals surface area contributed by atoms with Gasteiger partial charge in [-0.3, -0.25) is 14.6 Å². The van der Waals surface area contributed by atoms with Crippen LogP contribution in [0, 0.1) is 5.92 Å². The highest BCUT2D eigenvalue weighted by Gasteiger charge is 2.33. The predicted octanol–water partition coefficient (Wildman–Crippen LogP) is 1.28. The van der Waals surface area contributed by atoms with E-state index >= 15 is 0 Å². The number of pyridine rings is 1. The number of Topliss-reactive ketones (excluding diaryl/α,β-unsaturated/α-hetero) is 1. The average Bonchev–Trinajstić information content (AvgIpc) is 2.50. The van der Waals surface area contributed by atoms with Crippen molar-refractivity contribution in [2.24, 2.45) is 5.92 Å². The topological polar surface area (TPSA) is 59.5 Å². The van der Waals surface area contributed by atoms with Crippen molar-refractivity contribution in [1.82, 2.24) is 4.98 Å². The van der Waals surface area contributed by atoms with Crippen molar-refractivity contribution in [1.29, 1.82) is 0 Å². The summed E-state index contributed by atoms with van der Waals surface area (Å²) in [5.74, 6) is -1.34. The van der Waals surface area contributed by atoms with E-state index in [9.17, 15) is 9.59 Å². The molecule has 1 atom stereocenters. The van der Waals surface area contributed by atoms with Gasteiger partial charge in [0.05, 0.1) is 17.9 Å². The summed E-state index contributed by atoms with van der Waals surface area (Å²) in [6.07, 6.45) is 3.64. The fourth-order valence-corrected chi connectivity index (χ4v) is 2.14. The number of anilines is 1. The van der Waals surface area contributed by atoms with Crippen molar-refractivity contribution >= 4 is 17.4 Å². The lowest BCUT2D eigenvalue weighted by Gasteiger charge is -2.17. The fourth-order valence-electron chi connectivity index (χ4n) is 2.14. The molecule has 0 bridgehead atoms. The molecule has 0 saturated carbocycles. The van der Waals surface area contributed by atoms with Gasteiger partial charge in [0.15, 0.2) is 5.78 Å². The summed E-state index contributed by atoms with van der Waals surface area (Å²) in [6.45, 7) is 2.67. The number of carbonyl (C=O) groups is 2. The summed E-state index contributed by atoms with van der Waals surface area (Å²) >= 11 is 0. The molecule has 0 spiro atoms. The van der Waals surface area contributed by atoms with Gasteiger partial charge in [-0.15, -0.1) is 0 Å². The van der Waals surface area contributed by atoms with Gasteiger partial charge in [-0.1, -0.05) is 0 Å². The average molecular weight is 248 g/mol. The summed E-state index contributed by atoms with van der Waals surface area (Å²) in [4.78, 5) is 30.1. The zero-order valence-corrected chi connectivity index (χ0v) is 10.5. The van der Waals surface area contributed by atoms with Crippen LogP contribution in [0.25, 0.3) is 0 Å².